The summed E-state index contributed by atoms with van der Waals surface area (Å²) in [6, 6.07) is 21.1. The van der Waals surface area contributed by atoms with E-state index in [0.29, 0.717) is 24.4 Å². The van der Waals surface area contributed by atoms with Crippen LogP contribution < -0.4 is 10.1 Å². The zero-order valence-corrected chi connectivity index (χ0v) is 18.0. The summed E-state index contributed by atoms with van der Waals surface area (Å²) in [6.07, 6.45) is 3.27. The minimum absolute atomic E-state index is 0.0584. The number of halogens is 1. The number of hydrogen-bond acceptors (Lipinski definition) is 4. The van der Waals surface area contributed by atoms with Gasteiger partial charge in [-0.05, 0) is 67.9 Å². The van der Waals surface area contributed by atoms with Crippen LogP contribution in [0.25, 0.3) is 0 Å². The minimum atomic E-state index is -0.492. The monoisotopic (exact) mass is 433 g/mol. The second-order valence-corrected chi connectivity index (χ2v) is 7.93. The number of hydrogen-bond donors (Lipinski definition) is 1. The maximum atomic E-state index is 14.2. The molecule has 3 aromatic rings. The molecule has 2 heterocycles. The van der Waals surface area contributed by atoms with Gasteiger partial charge in [0.15, 0.2) is 0 Å². The summed E-state index contributed by atoms with van der Waals surface area (Å²) in [5.41, 5.74) is 1.41. The van der Waals surface area contributed by atoms with Gasteiger partial charge < -0.3 is 15.0 Å². The lowest BCUT2D eigenvalue weighted by atomic mass is 9.93. The highest BCUT2D eigenvalue weighted by atomic mass is 19.1. The van der Waals surface area contributed by atoms with E-state index in [4.69, 9.17) is 4.74 Å². The van der Waals surface area contributed by atoms with Gasteiger partial charge in [-0.2, -0.15) is 0 Å². The maximum absolute atomic E-state index is 14.2. The van der Waals surface area contributed by atoms with E-state index in [9.17, 15) is 9.18 Å². The van der Waals surface area contributed by atoms with Crippen LogP contribution in [0.4, 0.5) is 4.39 Å². The van der Waals surface area contributed by atoms with Crippen LogP contribution in [-0.2, 0) is 4.79 Å². The molecule has 4 rings (SSSR count). The molecule has 0 radical (unpaired) electrons. The highest BCUT2D eigenvalue weighted by molar-refractivity contribution is 5.80. The Morgan fingerprint density at radius 2 is 1.84 bits per heavy atom. The van der Waals surface area contributed by atoms with Gasteiger partial charge in [0.2, 0.25) is 5.91 Å². The third-order valence-corrected chi connectivity index (χ3v) is 5.76. The molecule has 32 heavy (non-hydrogen) atoms. The second-order valence-electron chi connectivity index (χ2n) is 7.93. The molecule has 1 aromatic heterocycles. The topological polar surface area (TPSA) is 54.5 Å². The van der Waals surface area contributed by atoms with E-state index in [1.54, 1.807) is 12.3 Å². The Balaban J connectivity index is 1.65. The van der Waals surface area contributed by atoms with Crippen LogP contribution in [0, 0.1) is 11.7 Å². The van der Waals surface area contributed by atoms with Crippen molar-refractivity contribution < 1.29 is 13.9 Å². The molecular formula is C26H28FN3O2. The largest absolute Gasteiger partial charge is 0.492 e. The van der Waals surface area contributed by atoms with Crippen LogP contribution in [0.3, 0.4) is 0 Å². The smallest absolute Gasteiger partial charge is 0.226 e. The van der Waals surface area contributed by atoms with E-state index in [1.807, 2.05) is 59.5 Å². The molecule has 1 aliphatic heterocycles. The number of pyridine rings is 1. The molecule has 1 saturated heterocycles. The van der Waals surface area contributed by atoms with Crippen molar-refractivity contribution in [3.05, 3.63) is 96.1 Å². The van der Waals surface area contributed by atoms with Crippen LogP contribution >= 0.6 is 0 Å². The summed E-state index contributed by atoms with van der Waals surface area (Å²) in [5, 5.41) is 3.32. The first-order valence-electron chi connectivity index (χ1n) is 11.1. The number of carbonyl (C=O) groups is 1. The molecule has 1 N–H and O–H groups in total. The first-order chi connectivity index (χ1) is 15.7. The lowest BCUT2D eigenvalue weighted by Gasteiger charge is -2.35. The van der Waals surface area contributed by atoms with Gasteiger partial charge in [-0.15, -0.1) is 0 Å². The van der Waals surface area contributed by atoms with Crippen LogP contribution in [-0.4, -0.2) is 42.0 Å². The van der Waals surface area contributed by atoms with Crippen LogP contribution in [0.15, 0.2) is 79.0 Å². The maximum Gasteiger partial charge on any atom is 0.226 e. The van der Waals surface area contributed by atoms with E-state index in [0.717, 1.165) is 31.7 Å². The fourth-order valence-corrected chi connectivity index (χ4v) is 4.17. The SMILES string of the molecule is O=C(C1CCNCC1)N(CCOc1ccccc1)[C@H](c1cccc(F)c1)c1ccccn1. The molecule has 0 bridgehead atoms. The first kappa shape index (κ1) is 22.0. The van der Waals surface area contributed by atoms with Gasteiger partial charge >= 0.3 is 0 Å². The number of aromatic nitrogens is 1. The number of carbonyl (C=O) groups excluding carboxylic acids is 1. The molecule has 1 atom stereocenters. The summed E-state index contributed by atoms with van der Waals surface area (Å²) in [7, 11) is 0. The molecule has 166 valence electrons. The van der Waals surface area contributed by atoms with Gasteiger partial charge in [0.1, 0.15) is 18.2 Å². The zero-order valence-electron chi connectivity index (χ0n) is 18.0. The fourth-order valence-electron chi connectivity index (χ4n) is 4.17. The number of ether oxygens (including phenoxy) is 1. The molecule has 1 amide bonds. The summed E-state index contributed by atoms with van der Waals surface area (Å²) >= 11 is 0. The number of piperidine rings is 1. The normalized spacial score (nSPS) is 15.2. The first-order valence-corrected chi connectivity index (χ1v) is 11.1. The fraction of sp³-hybridized carbons (Fsp3) is 0.308. The number of para-hydroxylation sites is 1. The predicted octanol–water partition coefficient (Wildman–Crippen LogP) is 4.22. The van der Waals surface area contributed by atoms with Gasteiger partial charge in [0, 0.05) is 12.1 Å². The number of nitrogens with zero attached hydrogens (tertiary/aromatic N) is 2. The Labute approximate surface area is 188 Å². The average Bonchev–Trinajstić information content (AvgIpc) is 2.85. The zero-order chi connectivity index (χ0) is 22.2. The molecule has 5 nitrogen and oxygen atoms in total. The summed E-state index contributed by atoms with van der Waals surface area (Å²) in [6.45, 7) is 2.34. The van der Waals surface area contributed by atoms with Crippen LogP contribution in [0.5, 0.6) is 5.75 Å². The highest BCUT2D eigenvalue weighted by Gasteiger charge is 2.33. The van der Waals surface area contributed by atoms with Crippen molar-refractivity contribution in [1.29, 1.82) is 0 Å². The van der Waals surface area contributed by atoms with Crippen molar-refractivity contribution in [2.45, 2.75) is 18.9 Å². The molecule has 0 unspecified atom stereocenters. The van der Waals surface area contributed by atoms with Crippen LogP contribution in [0.1, 0.15) is 30.1 Å². The van der Waals surface area contributed by atoms with E-state index >= 15 is 0 Å². The van der Waals surface area contributed by atoms with E-state index in [-0.39, 0.29) is 17.6 Å². The highest BCUT2D eigenvalue weighted by Crippen LogP contribution is 2.30. The number of rotatable bonds is 8. The molecule has 0 saturated carbocycles. The number of amides is 1. The molecular weight excluding hydrogens is 405 g/mol. The Hall–Kier alpha value is -3.25. The van der Waals surface area contributed by atoms with E-state index < -0.39 is 6.04 Å². The van der Waals surface area contributed by atoms with Gasteiger partial charge in [-0.3, -0.25) is 9.78 Å². The molecule has 6 heteroatoms. The molecule has 0 aliphatic carbocycles. The van der Waals surface area contributed by atoms with Crippen molar-refractivity contribution in [3.63, 3.8) is 0 Å². The minimum Gasteiger partial charge on any atom is -0.492 e. The van der Waals surface area contributed by atoms with Gasteiger partial charge in [-0.25, -0.2) is 4.39 Å². The number of benzene rings is 2. The van der Waals surface area contributed by atoms with Crippen molar-refractivity contribution in [2.75, 3.05) is 26.2 Å². The quantitative estimate of drug-likeness (QED) is 0.578. The van der Waals surface area contributed by atoms with E-state index in [2.05, 4.69) is 10.3 Å². The van der Waals surface area contributed by atoms with Crippen molar-refractivity contribution >= 4 is 5.91 Å². The summed E-state index contributed by atoms with van der Waals surface area (Å²) in [4.78, 5) is 20.1. The molecule has 1 aliphatic rings. The van der Waals surface area contributed by atoms with Crippen molar-refractivity contribution in [1.82, 2.24) is 15.2 Å². The van der Waals surface area contributed by atoms with E-state index in [1.165, 1.54) is 12.1 Å². The van der Waals surface area contributed by atoms with Gasteiger partial charge in [0.25, 0.3) is 0 Å². The van der Waals surface area contributed by atoms with Gasteiger partial charge in [-0.1, -0.05) is 36.4 Å². The Morgan fingerprint density at radius 1 is 1.06 bits per heavy atom. The van der Waals surface area contributed by atoms with Gasteiger partial charge in [0.05, 0.1) is 18.3 Å². The van der Waals surface area contributed by atoms with Crippen molar-refractivity contribution in [3.8, 4) is 5.75 Å². The lowest BCUT2D eigenvalue weighted by molar-refractivity contribution is -0.138. The Bertz CT molecular complexity index is 994. The van der Waals surface area contributed by atoms with Crippen molar-refractivity contribution in [2.24, 2.45) is 5.92 Å². The standard InChI is InChI=1S/C26H28FN3O2/c27-22-8-6-7-21(19-22)25(24-11-4-5-14-29-24)30(26(31)20-12-15-28-16-13-20)17-18-32-23-9-2-1-3-10-23/h1-11,14,19-20,25,28H,12-13,15-18H2/t25-/m1/s1. The summed E-state index contributed by atoms with van der Waals surface area (Å²) < 4.78 is 20.1. The third-order valence-electron chi connectivity index (χ3n) is 5.76. The second kappa shape index (κ2) is 10.9. The third kappa shape index (κ3) is 5.51. The Morgan fingerprint density at radius 3 is 2.56 bits per heavy atom. The molecule has 2 aromatic carbocycles. The molecule has 1 fully saturated rings. The average molecular weight is 434 g/mol. The van der Waals surface area contributed by atoms with Crippen LogP contribution in [0.2, 0.25) is 0 Å². The number of nitrogens with one attached hydrogen (secondary N) is 1. The Kier molecular flexibility index (Phi) is 7.46. The summed E-state index contributed by atoms with van der Waals surface area (Å²) in [5.74, 6) is 0.399. The lowest BCUT2D eigenvalue weighted by Crippen LogP contribution is -2.45. The predicted molar refractivity (Wildman–Crippen MR) is 122 cm³/mol. The molecule has 0 spiro atoms.